The third-order valence-corrected chi connectivity index (χ3v) is 3.38. The molecule has 1 aromatic carbocycles. The first-order valence-corrected chi connectivity index (χ1v) is 7.64. The topological polar surface area (TPSA) is 83.5 Å². The van der Waals surface area contributed by atoms with Crippen molar-refractivity contribution in [3.8, 4) is 0 Å². The molecule has 0 saturated heterocycles. The Morgan fingerprint density at radius 2 is 1.79 bits per heavy atom. The van der Waals surface area contributed by atoms with E-state index in [0.29, 0.717) is 11.3 Å². The number of nitrogens with zero attached hydrogens (tertiary/aromatic N) is 2. The summed E-state index contributed by atoms with van der Waals surface area (Å²) in [6, 6.07) is 12.8. The van der Waals surface area contributed by atoms with Gasteiger partial charge in [0, 0.05) is 23.7 Å². The lowest BCUT2D eigenvalue weighted by Crippen LogP contribution is -2.28. The van der Waals surface area contributed by atoms with E-state index >= 15 is 0 Å². The largest absolute Gasteiger partial charge is 0.349 e. The molecule has 0 fully saturated rings. The van der Waals surface area contributed by atoms with Gasteiger partial charge in [-0.2, -0.15) is 5.10 Å². The quantitative estimate of drug-likeness (QED) is 0.632. The van der Waals surface area contributed by atoms with Gasteiger partial charge in [0.15, 0.2) is 0 Å². The van der Waals surface area contributed by atoms with Crippen LogP contribution >= 0.6 is 0 Å². The van der Waals surface area contributed by atoms with Gasteiger partial charge in [-0.3, -0.25) is 14.6 Å². The summed E-state index contributed by atoms with van der Waals surface area (Å²) in [7, 11) is 0. The number of hydrogen-bond acceptors (Lipinski definition) is 4. The fourth-order valence-electron chi connectivity index (χ4n) is 2.10. The number of pyridine rings is 1. The van der Waals surface area contributed by atoms with Gasteiger partial charge in [0.05, 0.1) is 12.5 Å². The molecule has 6 nitrogen and oxygen atoms in total. The second kappa shape index (κ2) is 8.57. The van der Waals surface area contributed by atoms with Gasteiger partial charge in [-0.15, -0.1) is 0 Å². The van der Waals surface area contributed by atoms with Crippen molar-refractivity contribution in [1.29, 1.82) is 0 Å². The van der Waals surface area contributed by atoms with Crippen molar-refractivity contribution in [1.82, 2.24) is 15.7 Å². The Labute approximate surface area is 141 Å². The second-order valence-corrected chi connectivity index (χ2v) is 5.40. The third kappa shape index (κ3) is 5.31. The van der Waals surface area contributed by atoms with Gasteiger partial charge in [0.2, 0.25) is 5.91 Å². The van der Waals surface area contributed by atoms with Crippen molar-refractivity contribution < 1.29 is 9.59 Å². The first kappa shape index (κ1) is 17.3. The number of hydrazone groups is 1. The minimum atomic E-state index is -0.338. The Bertz CT molecular complexity index is 714. The highest BCUT2D eigenvalue weighted by Gasteiger charge is 2.10. The number of amides is 2. The van der Waals surface area contributed by atoms with Crippen molar-refractivity contribution in [3.63, 3.8) is 0 Å². The molecule has 0 spiro atoms. The fraction of sp³-hybridized carbons (Fsp3) is 0.222. The number of hydrogen-bond donors (Lipinski definition) is 2. The van der Waals surface area contributed by atoms with Crippen LogP contribution in [0, 0.1) is 0 Å². The van der Waals surface area contributed by atoms with Gasteiger partial charge < -0.3 is 5.32 Å². The number of aromatic nitrogens is 1. The highest BCUT2D eigenvalue weighted by atomic mass is 16.2. The van der Waals surface area contributed by atoms with Crippen LogP contribution in [-0.2, 0) is 4.79 Å². The van der Waals surface area contributed by atoms with Crippen LogP contribution in [0.25, 0.3) is 0 Å². The average molecular weight is 324 g/mol. The zero-order valence-electron chi connectivity index (χ0n) is 13.7. The summed E-state index contributed by atoms with van der Waals surface area (Å²) in [4.78, 5) is 27.7. The molecule has 1 heterocycles. The SMILES string of the molecule is C/C(CC(=O)N[C@H](C)c1ccccc1)=N/NC(=O)c1ccncc1. The lowest BCUT2D eigenvalue weighted by Gasteiger charge is -2.14. The van der Waals surface area contributed by atoms with Crippen molar-refractivity contribution in [2.45, 2.75) is 26.3 Å². The van der Waals surface area contributed by atoms with E-state index in [1.165, 1.54) is 12.4 Å². The van der Waals surface area contributed by atoms with Crippen LogP contribution in [-0.4, -0.2) is 22.5 Å². The Balaban J connectivity index is 1.84. The molecule has 124 valence electrons. The van der Waals surface area contributed by atoms with Crippen LogP contribution in [0.3, 0.4) is 0 Å². The van der Waals surface area contributed by atoms with E-state index in [1.54, 1.807) is 19.1 Å². The minimum absolute atomic E-state index is 0.0853. The molecule has 0 aliphatic heterocycles. The lowest BCUT2D eigenvalue weighted by atomic mass is 10.1. The normalized spacial score (nSPS) is 12.3. The van der Waals surface area contributed by atoms with Crippen LogP contribution in [0.15, 0.2) is 60.0 Å². The summed E-state index contributed by atoms with van der Waals surface area (Å²) in [6.45, 7) is 3.62. The van der Waals surface area contributed by atoms with Gasteiger partial charge in [-0.25, -0.2) is 5.43 Å². The zero-order chi connectivity index (χ0) is 17.4. The van der Waals surface area contributed by atoms with E-state index in [2.05, 4.69) is 20.8 Å². The summed E-state index contributed by atoms with van der Waals surface area (Å²) in [6.07, 6.45) is 3.18. The highest BCUT2D eigenvalue weighted by molar-refractivity contribution is 6.01. The lowest BCUT2D eigenvalue weighted by molar-refractivity contribution is -0.120. The van der Waals surface area contributed by atoms with Crippen molar-refractivity contribution >= 4 is 17.5 Å². The molecule has 0 unspecified atom stereocenters. The Morgan fingerprint density at radius 3 is 2.46 bits per heavy atom. The maximum atomic E-state index is 12.0. The van der Waals surface area contributed by atoms with Crippen LogP contribution in [0.5, 0.6) is 0 Å². The Hall–Kier alpha value is -3.02. The molecule has 0 radical (unpaired) electrons. The fourth-order valence-corrected chi connectivity index (χ4v) is 2.10. The number of carbonyl (C=O) groups is 2. The van der Waals surface area contributed by atoms with Gasteiger partial charge in [-0.1, -0.05) is 30.3 Å². The van der Waals surface area contributed by atoms with Crippen LogP contribution < -0.4 is 10.7 Å². The molecule has 2 N–H and O–H groups in total. The zero-order valence-corrected chi connectivity index (χ0v) is 13.7. The predicted octanol–water partition coefficient (Wildman–Crippen LogP) is 2.45. The molecule has 6 heteroatoms. The minimum Gasteiger partial charge on any atom is -0.349 e. The standard InChI is InChI=1S/C18H20N4O2/c1-13(21-22-18(24)16-8-10-19-11-9-16)12-17(23)20-14(2)15-6-4-3-5-7-15/h3-11,14H,12H2,1-2H3,(H,20,23)(H,22,24)/b21-13-/t14-/m1/s1. The van der Waals surface area contributed by atoms with Crippen molar-refractivity contribution in [2.24, 2.45) is 5.10 Å². The number of rotatable bonds is 6. The monoisotopic (exact) mass is 324 g/mol. The Kier molecular flexibility index (Phi) is 6.19. The Morgan fingerprint density at radius 1 is 1.12 bits per heavy atom. The second-order valence-electron chi connectivity index (χ2n) is 5.40. The maximum Gasteiger partial charge on any atom is 0.271 e. The predicted molar refractivity (Wildman–Crippen MR) is 92.4 cm³/mol. The van der Waals surface area contributed by atoms with Gasteiger partial charge >= 0.3 is 0 Å². The first-order chi connectivity index (χ1) is 11.6. The first-order valence-electron chi connectivity index (χ1n) is 7.64. The summed E-state index contributed by atoms with van der Waals surface area (Å²) in [5.41, 5.74) is 4.45. The third-order valence-electron chi connectivity index (χ3n) is 3.38. The molecule has 0 saturated carbocycles. The summed E-state index contributed by atoms with van der Waals surface area (Å²) in [5.74, 6) is -0.486. The number of carbonyl (C=O) groups excluding carboxylic acids is 2. The smallest absolute Gasteiger partial charge is 0.271 e. The summed E-state index contributed by atoms with van der Waals surface area (Å²) >= 11 is 0. The molecule has 2 rings (SSSR count). The highest BCUT2D eigenvalue weighted by Crippen LogP contribution is 2.11. The van der Waals surface area contributed by atoms with E-state index in [4.69, 9.17) is 0 Å². The summed E-state index contributed by atoms with van der Waals surface area (Å²) in [5, 5.41) is 6.86. The van der Waals surface area contributed by atoms with E-state index in [9.17, 15) is 9.59 Å². The molecule has 24 heavy (non-hydrogen) atoms. The average Bonchev–Trinajstić information content (AvgIpc) is 2.61. The summed E-state index contributed by atoms with van der Waals surface area (Å²) < 4.78 is 0. The van der Waals surface area contributed by atoms with E-state index in [1.807, 2.05) is 37.3 Å². The molecule has 0 aliphatic rings. The molecular formula is C18H20N4O2. The van der Waals surface area contributed by atoms with E-state index in [-0.39, 0.29) is 24.3 Å². The number of benzene rings is 1. The van der Waals surface area contributed by atoms with Crippen LogP contribution in [0.1, 0.15) is 42.2 Å². The van der Waals surface area contributed by atoms with Gasteiger partial charge in [0.1, 0.15) is 0 Å². The maximum absolute atomic E-state index is 12.0. The molecular weight excluding hydrogens is 304 g/mol. The molecule has 0 bridgehead atoms. The molecule has 2 amide bonds. The van der Waals surface area contributed by atoms with Gasteiger partial charge in [0.25, 0.3) is 5.91 Å². The van der Waals surface area contributed by atoms with Gasteiger partial charge in [-0.05, 0) is 31.5 Å². The van der Waals surface area contributed by atoms with E-state index in [0.717, 1.165) is 5.56 Å². The van der Waals surface area contributed by atoms with Crippen molar-refractivity contribution in [3.05, 3.63) is 66.0 Å². The van der Waals surface area contributed by atoms with E-state index < -0.39 is 0 Å². The number of nitrogens with one attached hydrogen (secondary N) is 2. The van der Waals surface area contributed by atoms with Crippen molar-refractivity contribution in [2.75, 3.05) is 0 Å². The molecule has 1 aromatic heterocycles. The molecule has 0 aliphatic carbocycles. The molecule has 2 aromatic rings. The van der Waals surface area contributed by atoms with Crippen LogP contribution in [0.2, 0.25) is 0 Å². The molecule has 1 atom stereocenters. The van der Waals surface area contributed by atoms with Crippen LogP contribution in [0.4, 0.5) is 0 Å².